The van der Waals surface area contributed by atoms with Crippen LogP contribution in [0.2, 0.25) is 0 Å². The SMILES string of the molecule is Cc1ccc(-c2csc(SC(C)C(=O)Nc3cccc(S(N)(=O)=O)c3)n2)cc1. The number of aryl methyl sites for hydroxylation is 1. The fourth-order valence-corrected chi connectivity index (χ4v) is 4.90. The molecule has 146 valence electrons. The molecule has 3 rings (SSSR count). The van der Waals surface area contributed by atoms with E-state index in [1.54, 1.807) is 13.0 Å². The van der Waals surface area contributed by atoms with Crippen LogP contribution in [0.5, 0.6) is 0 Å². The minimum Gasteiger partial charge on any atom is -0.325 e. The molecule has 3 N–H and O–H groups in total. The molecule has 6 nitrogen and oxygen atoms in total. The molecule has 0 aliphatic carbocycles. The second kappa shape index (κ2) is 8.44. The molecule has 3 aromatic rings. The van der Waals surface area contributed by atoms with Gasteiger partial charge in [-0.15, -0.1) is 11.3 Å². The fraction of sp³-hybridized carbons (Fsp3) is 0.158. The molecule has 1 atom stereocenters. The normalized spacial score (nSPS) is 12.5. The summed E-state index contributed by atoms with van der Waals surface area (Å²) in [5.74, 6) is -0.247. The molecule has 0 saturated carbocycles. The highest BCUT2D eigenvalue weighted by Gasteiger charge is 2.18. The number of thioether (sulfide) groups is 1. The van der Waals surface area contributed by atoms with Gasteiger partial charge in [0, 0.05) is 16.6 Å². The number of aromatic nitrogens is 1. The highest BCUT2D eigenvalue weighted by atomic mass is 32.2. The van der Waals surface area contributed by atoms with Crippen LogP contribution in [0.3, 0.4) is 0 Å². The number of nitrogens with one attached hydrogen (secondary N) is 1. The molecule has 0 fully saturated rings. The Labute approximate surface area is 172 Å². The van der Waals surface area contributed by atoms with Gasteiger partial charge in [-0.1, -0.05) is 47.7 Å². The molecule has 1 aromatic heterocycles. The number of carbonyl (C=O) groups excluding carboxylic acids is 1. The van der Waals surface area contributed by atoms with Crippen molar-refractivity contribution in [3.05, 3.63) is 59.5 Å². The number of anilines is 1. The van der Waals surface area contributed by atoms with E-state index in [0.717, 1.165) is 15.6 Å². The van der Waals surface area contributed by atoms with Gasteiger partial charge in [0.25, 0.3) is 0 Å². The largest absolute Gasteiger partial charge is 0.325 e. The zero-order valence-electron chi connectivity index (χ0n) is 15.2. The van der Waals surface area contributed by atoms with E-state index in [1.165, 1.54) is 46.9 Å². The van der Waals surface area contributed by atoms with Gasteiger partial charge in [-0.2, -0.15) is 0 Å². The van der Waals surface area contributed by atoms with E-state index in [2.05, 4.69) is 10.3 Å². The van der Waals surface area contributed by atoms with Crippen molar-refractivity contribution < 1.29 is 13.2 Å². The lowest BCUT2D eigenvalue weighted by atomic mass is 10.1. The van der Waals surface area contributed by atoms with Crippen molar-refractivity contribution >= 4 is 44.7 Å². The number of benzene rings is 2. The third-order valence-corrected chi connectivity index (χ3v) is 6.89. The van der Waals surface area contributed by atoms with Crippen LogP contribution >= 0.6 is 23.1 Å². The molecule has 1 heterocycles. The molecule has 2 aromatic carbocycles. The van der Waals surface area contributed by atoms with Gasteiger partial charge in [0.05, 0.1) is 15.8 Å². The van der Waals surface area contributed by atoms with Crippen molar-refractivity contribution in [2.24, 2.45) is 5.14 Å². The maximum Gasteiger partial charge on any atom is 0.238 e. The first-order chi connectivity index (χ1) is 13.2. The quantitative estimate of drug-likeness (QED) is 0.574. The van der Waals surface area contributed by atoms with Crippen molar-refractivity contribution in [3.8, 4) is 11.3 Å². The zero-order chi connectivity index (χ0) is 20.3. The summed E-state index contributed by atoms with van der Waals surface area (Å²) < 4.78 is 23.7. The molecule has 0 aliphatic heterocycles. The lowest BCUT2D eigenvalue weighted by Crippen LogP contribution is -2.22. The van der Waals surface area contributed by atoms with E-state index < -0.39 is 15.3 Å². The number of rotatable bonds is 6. The number of sulfonamides is 1. The van der Waals surface area contributed by atoms with Crippen molar-refractivity contribution in [2.75, 3.05) is 5.32 Å². The maximum absolute atomic E-state index is 12.5. The average Bonchev–Trinajstić information content (AvgIpc) is 3.10. The van der Waals surface area contributed by atoms with Crippen molar-refractivity contribution in [2.45, 2.75) is 28.3 Å². The van der Waals surface area contributed by atoms with Gasteiger partial charge in [0.2, 0.25) is 15.9 Å². The molecule has 1 amide bonds. The Bertz CT molecular complexity index is 1090. The summed E-state index contributed by atoms with van der Waals surface area (Å²) in [4.78, 5) is 17.0. The standard InChI is InChI=1S/C19H19N3O3S3/c1-12-6-8-14(9-7-12)17-11-26-19(22-17)27-13(2)18(23)21-15-4-3-5-16(10-15)28(20,24)25/h3-11,13H,1-2H3,(H,21,23)(H2,20,24,25). The van der Waals surface area contributed by atoms with Gasteiger partial charge in [-0.05, 0) is 32.0 Å². The fourth-order valence-electron chi connectivity index (χ4n) is 2.37. The summed E-state index contributed by atoms with van der Waals surface area (Å²) in [6.45, 7) is 3.81. The van der Waals surface area contributed by atoms with Crippen LogP contribution < -0.4 is 10.5 Å². The van der Waals surface area contributed by atoms with Crippen LogP contribution in [-0.4, -0.2) is 24.6 Å². The topological polar surface area (TPSA) is 102 Å². The minimum absolute atomic E-state index is 0.0479. The number of thiazole rings is 1. The van der Waals surface area contributed by atoms with Gasteiger partial charge < -0.3 is 5.32 Å². The van der Waals surface area contributed by atoms with Crippen molar-refractivity contribution in [1.82, 2.24) is 4.98 Å². The third kappa shape index (κ3) is 5.20. The predicted molar refractivity (Wildman–Crippen MR) is 114 cm³/mol. The summed E-state index contributed by atoms with van der Waals surface area (Å²) >= 11 is 2.83. The Morgan fingerprint density at radius 1 is 1.21 bits per heavy atom. The Kier molecular flexibility index (Phi) is 6.19. The molecule has 0 aliphatic rings. The Balaban J connectivity index is 1.66. The lowest BCUT2D eigenvalue weighted by Gasteiger charge is -2.11. The number of nitrogens with two attached hydrogens (primary N) is 1. The van der Waals surface area contributed by atoms with Crippen LogP contribution in [0, 0.1) is 6.92 Å². The summed E-state index contributed by atoms with van der Waals surface area (Å²) in [5.41, 5.74) is 3.47. The van der Waals surface area contributed by atoms with Crippen LogP contribution in [0.25, 0.3) is 11.3 Å². The monoisotopic (exact) mass is 433 g/mol. The predicted octanol–water partition coefficient (Wildman–Crippen LogP) is 3.89. The summed E-state index contributed by atoms with van der Waals surface area (Å²) in [6, 6.07) is 14.0. The number of nitrogens with zero attached hydrogens (tertiary/aromatic N) is 1. The van der Waals surface area contributed by atoms with E-state index >= 15 is 0 Å². The molecular weight excluding hydrogens is 414 g/mol. The highest BCUT2D eigenvalue weighted by Crippen LogP contribution is 2.31. The van der Waals surface area contributed by atoms with Crippen LogP contribution in [0.4, 0.5) is 5.69 Å². The second-order valence-corrected chi connectivity index (χ2v) is 10.2. The summed E-state index contributed by atoms with van der Waals surface area (Å²) in [5, 5.41) is 9.40. The number of carbonyl (C=O) groups is 1. The van der Waals surface area contributed by atoms with Gasteiger partial charge in [-0.3, -0.25) is 4.79 Å². The second-order valence-electron chi connectivity index (χ2n) is 6.19. The Morgan fingerprint density at radius 3 is 2.61 bits per heavy atom. The molecule has 28 heavy (non-hydrogen) atoms. The molecule has 1 unspecified atom stereocenters. The minimum atomic E-state index is -3.82. The van der Waals surface area contributed by atoms with E-state index in [0.29, 0.717) is 5.69 Å². The number of amides is 1. The lowest BCUT2D eigenvalue weighted by molar-refractivity contribution is -0.115. The first-order valence-corrected chi connectivity index (χ1v) is 11.7. The van der Waals surface area contributed by atoms with Gasteiger partial charge in [0.1, 0.15) is 0 Å². The van der Waals surface area contributed by atoms with E-state index in [-0.39, 0.29) is 10.8 Å². The Morgan fingerprint density at radius 2 is 1.93 bits per heavy atom. The number of hydrogen-bond donors (Lipinski definition) is 2. The first-order valence-electron chi connectivity index (χ1n) is 8.35. The van der Waals surface area contributed by atoms with Gasteiger partial charge in [0.15, 0.2) is 4.34 Å². The van der Waals surface area contributed by atoms with Crippen LogP contribution in [0.15, 0.2) is 63.1 Å². The van der Waals surface area contributed by atoms with E-state index in [1.807, 2.05) is 36.6 Å². The van der Waals surface area contributed by atoms with Crippen LogP contribution in [0.1, 0.15) is 12.5 Å². The van der Waals surface area contributed by atoms with Gasteiger partial charge in [-0.25, -0.2) is 18.5 Å². The van der Waals surface area contributed by atoms with Gasteiger partial charge >= 0.3 is 0 Å². The Hall–Kier alpha value is -2.20. The molecule has 0 spiro atoms. The van der Waals surface area contributed by atoms with Crippen molar-refractivity contribution in [1.29, 1.82) is 0 Å². The summed E-state index contributed by atoms with van der Waals surface area (Å²) in [6.07, 6.45) is 0. The third-order valence-electron chi connectivity index (χ3n) is 3.91. The molecular formula is C19H19N3O3S3. The average molecular weight is 434 g/mol. The molecule has 0 bridgehead atoms. The zero-order valence-corrected chi connectivity index (χ0v) is 17.7. The molecule has 0 saturated heterocycles. The van der Waals surface area contributed by atoms with E-state index in [9.17, 15) is 13.2 Å². The molecule has 9 heteroatoms. The van der Waals surface area contributed by atoms with Crippen molar-refractivity contribution in [3.63, 3.8) is 0 Å². The number of hydrogen-bond acceptors (Lipinski definition) is 6. The maximum atomic E-state index is 12.5. The smallest absolute Gasteiger partial charge is 0.238 e. The molecule has 0 radical (unpaired) electrons. The van der Waals surface area contributed by atoms with Crippen LogP contribution in [-0.2, 0) is 14.8 Å². The number of primary sulfonamides is 1. The van der Waals surface area contributed by atoms with E-state index in [4.69, 9.17) is 5.14 Å². The highest BCUT2D eigenvalue weighted by molar-refractivity contribution is 8.02. The first kappa shape index (κ1) is 20.5. The summed E-state index contributed by atoms with van der Waals surface area (Å²) in [7, 11) is -3.82.